The number of carbonyl (C=O) groups is 1. The number of hydrogen-bond acceptors (Lipinski definition) is 7. The van der Waals surface area contributed by atoms with E-state index in [1.807, 2.05) is 48.5 Å². The topological polar surface area (TPSA) is 83.5 Å². The summed E-state index contributed by atoms with van der Waals surface area (Å²) in [7, 11) is 0. The third-order valence-corrected chi connectivity index (χ3v) is 11.7. The van der Waals surface area contributed by atoms with Crippen LogP contribution in [0.3, 0.4) is 0 Å². The van der Waals surface area contributed by atoms with Gasteiger partial charge in [-0.1, -0.05) is 206 Å². The average molecular weight is 805 g/mol. The van der Waals surface area contributed by atoms with Gasteiger partial charge in [-0.25, -0.2) is 0 Å². The number of unbranched alkanes of at least 4 members (excludes halogenated alkanes) is 14. The minimum Gasteiger partial charge on any atom is -0.463 e. The molecule has 2 heterocycles. The third-order valence-electron chi connectivity index (χ3n) is 11.7. The first-order valence-corrected chi connectivity index (χ1v) is 22.7. The molecule has 59 heavy (non-hydrogen) atoms. The minimum absolute atomic E-state index is 0.183. The van der Waals surface area contributed by atoms with Gasteiger partial charge in [0, 0.05) is 17.5 Å². The van der Waals surface area contributed by atoms with Gasteiger partial charge >= 0.3 is 5.97 Å². The number of aliphatic hydroxyl groups is 1. The molecule has 6 unspecified atom stereocenters. The number of aliphatic hydroxyl groups excluding tert-OH is 1. The van der Waals surface area contributed by atoms with Gasteiger partial charge in [0.2, 0.25) is 0 Å². The van der Waals surface area contributed by atoms with E-state index in [1.165, 1.54) is 99.3 Å². The lowest BCUT2D eigenvalue weighted by atomic mass is 9.98. The average Bonchev–Trinajstić information content (AvgIpc) is 3.27. The second-order valence-electron chi connectivity index (χ2n) is 16.6. The summed E-state index contributed by atoms with van der Waals surface area (Å²) < 4.78 is 31.4. The highest BCUT2D eigenvalue weighted by Gasteiger charge is 2.48. The summed E-state index contributed by atoms with van der Waals surface area (Å²) in [6.45, 7) is 2.35. The largest absolute Gasteiger partial charge is 0.463 e. The molecule has 0 saturated carbocycles. The van der Waals surface area contributed by atoms with Crippen molar-refractivity contribution in [3.63, 3.8) is 0 Å². The third kappa shape index (κ3) is 15.0. The Balaban J connectivity index is 0.974. The van der Waals surface area contributed by atoms with E-state index >= 15 is 0 Å². The highest BCUT2D eigenvalue weighted by atomic mass is 16.8. The van der Waals surface area contributed by atoms with E-state index < -0.39 is 37.0 Å². The number of ether oxygens (including phenoxy) is 5. The molecule has 7 nitrogen and oxygen atoms in total. The molecule has 2 fully saturated rings. The fraction of sp³-hybridized carbons (Fsp3) is 0.519. The highest BCUT2D eigenvalue weighted by molar-refractivity contribution is 5.69. The van der Waals surface area contributed by atoms with Crippen LogP contribution in [0.1, 0.15) is 156 Å². The lowest BCUT2D eigenvalue weighted by Gasteiger charge is -2.47. The highest BCUT2D eigenvalue weighted by Crippen LogP contribution is 2.39. The fourth-order valence-corrected chi connectivity index (χ4v) is 8.24. The van der Waals surface area contributed by atoms with Crippen molar-refractivity contribution >= 4 is 5.97 Å². The van der Waals surface area contributed by atoms with Gasteiger partial charge in [0.15, 0.2) is 12.6 Å². The van der Waals surface area contributed by atoms with Crippen LogP contribution < -0.4 is 0 Å². The maximum absolute atomic E-state index is 12.8. The maximum Gasteiger partial charge on any atom is 0.305 e. The molecule has 6 atom stereocenters. The molecule has 2 saturated heterocycles. The Morgan fingerprint density at radius 1 is 0.576 bits per heavy atom. The predicted octanol–water partition coefficient (Wildman–Crippen LogP) is 11.9. The van der Waals surface area contributed by atoms with Crippen molar-refractivity contribution < 1.29 is 33.6 Å². The van der Waals surface area contributed by atoms with Crippen LogP contribution in [0.2, 0.25) is 0 Å². The molecule has 0 aromatic heterocycles. The first kappa shape index (κ1) is 44.7. The molecule has 4 aromatic carbocycles. The second-order valence-corrected chi connectivity index (χ2v) is 16.6. The summed E-state index contributed by atoms with van der Waals surface area (Å²) in [6, 6.07) is 37.2. The Morgan fingerprint density at radius 3 is 1.54 bits per heavy atom. The smallest absolute Gasteiger partial charge is 0.305 e. The normalized spacial score (nSPS) is 20.8. The molecule has 2 aliphatic rings. The summed E-state index contributed by atoms with van der Waals surface area (Å²) in [5.41, 5.74) is 6.56. The monoisotopic (exact) mass is 804 g/mol. The van der Waals surface area contributed by atoms with Crippen molar-refractivity contribution in [1.29, 1.82) is 0 Å². The van der Waals surface area contributed by atoms with Gasteiger partial charge in [0.1, 0.15) is 31.0 Å². The van der Waals surface area contributed by atoms with Crippen molar-refractivity contribution in [2.75, 3.05) is 13.2 Å². The maximum atomic E-state index is 12.8. The number of fused-ring (bicyclic) bond motifs is 1. The van der Waals surface area contributed by atoms with E-state index in [0.29, 0.717) is 6.42 Å². The predicted molar refractivity (Wildman–Crippen MR) is 234 cm³/mol. The standard InChI is InChI=1S/C52H68O7/c1-2-3-4-5-6-7-8-9-10-11-12-13-14-15-22-27-48(54)55-38-46(53)49-50-47(57-52(58-49)45-34-30-43(31-35-45)37-41-25-20-17-21-26-41)39-56-51(59-50)44-32-28-42(29-33-44)36-40-23-18-16-19-24-40/h16-21,23-26,28-35,46-47,49-53H,2-15,22,27,36-39H2,1H3. The molecule has 1 N–H and O–H groups in total. The Bertz CT molecular complexity index is 1730. The Labute approximate surface area is 353 Å². The second kappa shape index (κ2) is 25.0. The zero-order valence-corrected chi connectivity index (χ0v) is 35.4. The van der Waals surface area contributed by atoms with E-state index in [9.17, 15) is 9.90 Å². The summed E-state index contributed by atoms with van der Waals surface area (Å²) in [4.78, 5) is 12.8. The molecule has 0 spiro atoms. The first-order valence-electron chi connectivity index (χ1n) is 22.7. The van der Waals surface area contributed by atoms with E-state index in [-0.39, 0.29) is 19.2 Å². The van der Waals surface area contributed by atoms with Crippen LogP contribution in [-0.2, 0) is 41.3 Å². The molecule has 0 radical (unpaired) electrons. The van der Waals surface area contributed by atoms with Crippen LogP contribution in [-0.4, -0.2) is 48.7 Å². The van der Waals surface area contributed by atoms with Gasteiger partial charge in [0.05, 0.1) is 6.61 Å². The Kier molecular flexibility index (Phi) is 19.0. The van der Waals surface area contributed by atoms with Gasteiger partial charge in [-0.05, 0) is 41.5 Å². The zero-order valence-electron chi connectivity index (χ0n) is 35.4. The number of rotatable bonds is 25. The molecule has 318 valence electrons. The van der Waals surface area contributed by atoms with Crippen molar-refractivity contribution in [2.45, 2.75) is 159 Å². The van der Waals surface area contributed by atoms with Crippen LogP contribution in [0.5, 0.6) is 0 Å². The molecular formula is C52H68O7. The zero-order chi connectivity index (χ0) is 40.9. The van der Waals surface area contributed by atoms with Crippen LogP contribution in [0.25, 0.3) is 0 Å². The number of carbonyl (C=O) groups excluding carboxylic acids is 1. The van der Waals surface area contributed by atoms with E-state index in [2.05, 4.69) is 67.6 Å². The molecule has 2 aliphatic heterocycles. The Morgan fingerprint density at radius 2 is 1.03 bits per heavy atom. The Hall–Kier alpha value is -3.85. The summed E-state index contributed by atoms with van der Waals surface area (Å²) >= 11 is 0. The summed E-state index contributed by atoms with van der Waals surface area (Å²) in [5.74, 6) is -0.297. The minimum atomic E-state index is -1.12. The van der Waals surface area contributed by atoms with Crippen molar-refractivity contribution in [2.24, 2.45) is 0 Å². The van der Waals surface area contributed by atoms with Gasteiger partial charge < -0.3 is 28.8 Å². The molecule has 7 heteroatoms. The van der Waals surface area contributed by atoms with Crippen molar-refractivity contribution in [3.8, 4) is 0 Å². The van der Waals surface area contributed by atoms with Crippen LogP contribution in [0.4, 0.5) is 0 Å². The lowest BCUT2D eigenvalue weighted by Crippen LogP contribution is -2.58. The van der Waals surface area contributed by atoms with Crippen LogP contribution >= 0.6 is 0 Å². The van der Waals surface area contributed by atoms with E-state index in [0.717, 1.165) is 43.2 Å². The molecular weight excluding hydrogens is 737 g/mol. The molecule has 0 bridgehead atoms. The quantitative estimate of drug-likeness (QED) is 0.0527. The number of hydrogen-bond donors (Lipinski definition) is 1. The van der Waals surface area contributed by atoms with Gasteiger partial charge in [-0.2, -0.15) is 0 Å². The number of benzene rings is 4. The molecule has 0 aliphatic carbocycles. The van der Waals surface area contributed by atoms with Crippen molar-refractivity contribution in [1.82, 2.24) is 0 Å². The van der Waals surface area contributed by atoms with Gasteiger partial charge in [0.25, 0.3) is 0 Å². The summed E-state index contributed by atoms with van der Waals surface area (Å²) in [6.07, 6.45) is 16.6. The molecule has 4 aromatic rings. The SMILES string of the molecule is CCCCCCCCCCCCCCCCCC(=O)OCC(O)C1OC(c2ccc(Cc3ccccc3)cc2)OC2COC(c3ccc(Cc4ccccc4)cc3)OC21. The van der Waals surface area contributed by atoms with Crippen molar-refractivity contribution in [3.05, 3.63) is 143 Å². The first-order chi connectivity index (χ1) is 29.1. The van der Waals surface area contributed by atoms with Crippen LogP contribution in [0.15, 0.2) is 109 Å². The van der Waals surface area contributed by atoms with Gasteiger partial charge in [-0.3, -0.25) is 4.79 Å². The lowest BCUT2D eigenvalue weighted by molar-refractivity contribution is -0.373. The number of esters is 1. The van der Waals surface area contributed by atoms with E-state index in [4.69, 9.17) is 23.7 Å². The fourth-order valence-electron chi connectivity index (χ4n) is 8.24. The molecule has 6 rings (SSSR count). The van der Waals surface area contributed by atoms with E-state index in [1.54, 1.807) is 0 Å². The van der Waals surface area contributed by atoms with Gasteiger partial charge in [-0.15, -0.1) is 0 Å². The summed E-state index contributed by atoms with van der Waals surface area (Å²) in [5, 5.41) is 11.6. The van der Waals surface area contributed by atoms with Crippen LogP contribution in [0, 0.1) is 0 Å². The molecule has 0 amide bonds.